The summed E-state index contributed by atoms with van der Waals surface area (Å²) in [5.41, 5.74) is 0. The Bertz CT molecular complexity index is 835. The van der Waals surface area contributed by atoms with Crippen molar-refractivity contribution >= 4 is 21.6 Å². The quantitative estimate of drug-likeness (QED) is 0.865. The number of aromatic nitrogens is 3. The summed E-state index contributed by atoms with van der Waals surface area (Å²) in [5, 5.41) is 4.11. The fourth-order valence-corrected chi connectivity index (χ4v) is 4.52. The summed E-state index contributed by atoms with van der Waals surface area (Å²) in [4.78, 5) is 3.76. The van der Waals surface area contributed by atoms with Gasteiger partial charge in [0, 0.05) is 13.7 Å². The van der Waals surface area contributed by atoms with Crippen molar-refractivity contribution in [1.29, 1.82) is 0 Å². The van der Waals surface area contributed by atoms with Gasteiger partial charge in [-0.1, -0.05) is 17.7 Å². The van der Waals surface area contributed by atoms with Crippen LogP contribution in [0.1, 0.15) is 30.5 Å². The Morgan fingerprint density at radius 2 is 2.29 bits per heavy atom. The highest BCUT2D eigenvalue weighted by Crippen LogP contribution is 2.29. The van der Waals surface area contributed by atoms with Gasteiger partial charge in [0.25, 0.3) is 0 Å². The molecule has 1 N–H and O–H groups in total. The van der Waals surface area contributed by atoms with Crippen LogP contribution in [0.2, 0.25) is 5.02 Å². The van der Waals surface area contributed by atoms with Crippen LogP contribution in [0.25, 0.3) is 0 Å². The molecule has 1 aliphatic rings. The van der Waals surface area contributed by atoms with E-state index in [9.17, 15) is 12.8 Å². The zero-order valence-corrected chi connectivity index (χ0v) is 14.4. The molecule has 2 aromatic rings. The van der Waals surface area contributed by atoms with Gasteiger partial charge >= 0.3 is 0 Å². The van der Waals surface area contributed by atoms with E-state index < -0.39 is 26.8 Å². The van der Waals surface area contributed by atoms with Crippen LogP contribution in [-0.2, 0) is 27.9 Å². The van der Waals surface area contributed by atoms with Crippen LogP contribution in [-0.4, -0.2) is 30.3 Å². The van der Waals surface area contributed by atoms with E-state index >= 15 is 0 Å². The zero-order valence-electron chi connectivity index (χ0n) is 12.9. The minimum atomic E-state index is -4.14. The lowest BCUT2D eigenvalue weighted by molar-refractivity contribution is 0.177. The SMILES string of the molecule is COCc1nc2n(n1)CCC[C@@H]2NS(=O)(=O)c1c(F)cccc1Cl. The smallest absolute Gasteiger partial charge is 0.245 e. The molecule has 130 valence electrons. The molecule has 2 heterocycles. The highest BCUT2D eigenvalue weighted by molar-refractivity contribution is 7.89. The lowest BCUT2D eigenvalue weighted by Gasteiger charge is -2.23. The molecule has 0 amide bonds. The molecule has 1 aliphatic heterocycles. The van der Waals surface area contributed by atoms with E-state index in [4.69, 9.17) is 16.3 Å². The summed E-state index contributed by atoms with van der Waals surface area (Å²) >= 11 is 5.87. The molecule has 0 aliphatic carbocycles. The molecule has 0 spiro atoms. The van der Waals surface area contributed by atoms with E-state index in [0.717, 1.165) is 12.5 Å². The number of hydrogen-bond donors (Lipinski definition) is 1. The minimum absolute atomic E-state index is 0.167. The first kappa shape index (κ1) is 17.3. The molecular formula is C14H16ClFN4O3S. The first-order valence-electron chi connectivity index (χ1n) is 7.31. The Balaban J connectivity index is 1.92. The van der Waals surface area contributed by atoms with Crippen molar-refractivity contribution in [3.63, 3.8) is 0 Å². The van der Waals surface area contributed by atoms with Crippen molar-refractivity contribution in [2.24, 2.45) is 0 Å². The second kappa shape index (κ2) is 6.75. The van der Waals surface area contributed by atoms with Crippen LogP contribution in [0.4, 0.5) is 4.39 Å². The molecule has 1 aromatic carbocycles. The predicted molar refractivity (Wildman–Crippen MR) is 84.4 cm³/mol. The number of fused-ring (bicyclic) bond motifs is 1. The van der Waals surface area contributed by atoms with Crippen molar-refractivity contribution in [3.05, 3.63) is 40.7 Å². The van der Waals surface area contributed by atoms with Crippen molar-refractivity contribution in [2.45, 2.75) is 36.9 Å². The number of sulfonamides is 1. The summed E-state index contributed by atoms with van der Waals surface area (Å²) in [7, 11) is -2.61. The number of nitrogens with zero attached hydrogens (tertiary/aromatic N) is 3. The summed E-state index contributed by atoms with van der Waals surface area (Å²) in [6.07, 6.45) is 1.26. The number of nitrogens with one attached hydrogen (secondary N) is 1. The Hall–Kier alpha value is -1.55. The summed E-state index contributed by atoms with van der Waals surface area (Å²) < 4.78 is 48.2. The molecule has 3 rings (SSSR count). The Labute approximate surface area is 143 Å². The van der Waals surface area contributed by atoms with Gasteiger partial charge in [0.05, 0.1) is 11.1 Å². The van der Waals surface area contributed by atoms with Crippen molar-refractivity contribution in [3.8, 4) is 0 Å². The Kier molecular flexibility index (Phi) is 4.86. The maximum Gasteiger partial charge on any atom is 0.245 e. The molecular weight excluding hydrogens is 359 g/mol. The van der Waals surface area contributed by atoms with Crippen LogP contribution >= 0.6 is 11.6 Å². The number of aryl methyl sites for hydroxylation is 1. The van der Waals surface area contributed by atoms with Gasteiger partial charge in [-0.15, -0.1) is 0 Å². The maximum absolute atomic E-state index is 13.9. The second-order valence-corrected chi connectivity index (χ2v) is 7.47. The standard InChI is InChI=1S/C14H16ClFN4O3S/c1-23-8-12-17-14-11(6-3-7-20(14)18-12)19-24(21,22)13-9(15)4-2-5-10(13)16/h2,4-5,11,19H,3,6-8H2,1H3/t11-/m0/s1. The molecule has 0 saturated carbocycles. The fraction of sp³-hybridized carbons (Fsp3) is 0.429. The lowest BCUT2D eigenvalue weighted by atomic mass is 10.1. The van der Waals surface area contributed by atoms with Gasteiger partial charge in [0.1, 0.15) is 23.1 Å². The van der Waals surface area contributed by atoms with Gasteiger partial charge in [0.2, 0.25) is 10.0 Å². The van der Waals surface area contributed by atoms with Gasteiger partial charge in [-0.25, -0.2) is 27.2 Å². The Morgan fingerprint density at radius 1 is 1.50 bits per heavy atom. The normalized spacial score (nSPS) is 17.7. The first-order valence-corrected chi connectivity index (χ1v) is 9.17. The van der Waals surface area contributed by atoms with Crippen LogP contribution in [0, 0.1) is 5.82 Å². The van der Waals surface area contributed by atoms with E-state index in [0.29, 0.717) is 24.6 Å². The third-order valence-corrected chi connectivity index (χ3v) is 5.65. The molecule has 7 nitrogen and oxygen atoms in total. The number of halogens is 2. The first-order chi connectivity index (χ1) is 11.4. The third kappa shape index (κ3) is 3.30. The van der Waals surface area contributed by atoms with Gasteiger partial charge < -0.3 is 4.74 Å². The average Bonchev–Trinajstić information content (AvgIpc) is 2.90. The summed E-state index contributed by atoms with van der Waals surface area (Å²) in [6.45, 7) is 0.878. The van der Waals surface area contributed by atoms with Crippen LogP contribution < -0.4 is 4.72 Å². The molecule has 1 aromatic heterocycles. The third-order valence-electron chi connectivity index (χ3n) is 3.68. The van der Waals surface area contributed by atoms with E-state index in [1.807, 2.05) is 0 Å². The van der Waals surface area contributed by atoms with Crippen LogP contribution in [0.5, 0.6) is 0 Å². The van der Waals surface area contributed by atoms with E-state index in [1.165, 1.54) is 19.2 Å². The largest absolute Gasteiger partial charge is 0.377 e. The van der Waals surface area contributed by atoms with Crippen LogP contribution in [0.15, 0.2) is 23.1 Å². The van der Waals surface area contributed by atoms with Gasteiger partial charge in [-0.3, -0.25) is 0 Å². The highest BCUT2D eigenvalue weighted by Gasteiger charge is 2.31. The molecule has 24 heavy (non-hydrogen) atoms. The van der Waals surface area contributed by atoms with E-state index in [1.54, 1.807) is 4.68 Å². The predicted octanol–water partition coefficient (Wildman–Crippen LogP) is 2.03. The molecule has 0 radical (unpaired) electrons. The van der Waals surface area contributed by atoms with Gasteiger partial charge in [-0.2, -0.15) is 5.10 Å². The number of ether oxygens (including phenoxy) is 1. The minimum Gasteiger partial charge on any atom is -0.377 e. The van der Waals surface area contributed by atoms with Gasteiger partial charge in [-0.05, 0) is 25.0 Å². The number of rotatable bonds is 5. The van der Waals surface area contributed by atoms with Crippen molar-refractivity contribution in [2.75, 3.05) is 7.11 Å². The highest BCUT2D eigenvalue weighted by atomic mass is 35.5. The summed E-state index contributed by atoms with van der Waals surface area (Å²) in [6, 6.07) is 3.14. The lowest BCUT2D eigenvalue weighted by Crippen LogP contribution is -2.33. The van der Waals surface area contributed by atoms with E-state index in [-0.39, 0.29) is 11.6 Å². The number of hydrogen-bond acceptors (Lipinski definition) is 5. The zero-order chi connectivity index (χ0) is 17.3. The molecule has 10 heteroatoms. The molecule has 0 bridgehead atoms. The molecule has 0 unspecified atom stereocenters. The monoisotopic (exact) mass is 374 g/mol. The Morgan fingerprint density at radius 3 is 3.00 bits per heavy atom. The maximum atomic E-state index is 13.9. The molecule has 1 atom stereocenters. The average molecular weight is 375 g/mol. The number of methoxy groups -OCH3 is 1. The fourth-order valence-electron chi connectivity index (χ4n) is 2.69. The summed E-state index contributed by atoms with van der Waals surface area (Å²) in [5.74, 6) is 0.0687. The van der Waals surface area contributed by atoms with E-state index in [2.05, 4.69) is 14.8 Å². The van der Waals surface area contributed by atoms with Gasteiger partial charge in [0.15, 0.2) is 5.82 Å². The van der Waals surface area contributed by atoms with Crippen molar-refractivity contribution < 1.29 is 17.5 Å². The second-order valence-electron chi connectivity index (χ2n) is 5.41. The molecule has 0 fully saturated rings. The topological polar surface area (TPSA) is 86.1 Å². The van der Waals surface area contributed by atoms with Crippen molar-refractivity contribution in [1.82, 2.24) is 19.5 Å². The molecule has 0 saturated heterocycles. The van der Waals surface area contributed by atoms with Crippen LogP contribution in [0.3, 0.4) is 0 Å². The number of benzene rings is 1.